The highest BCUT2D eigenvalue weighted by atomic mass is 32.1. The maximum absolute atomic E-state index is 11.8. The van der Waals surface area contributed by atoms with Gasteiger partial charge in [-0.05, 0) is 36.1 Å². The molecule has 2 rings (SSSR count). The second-order valence-corrected chi connectivity index (χ2v) is 6.36. The first kappa shape index (κ1) is 14.8. The molecule has 1 fully saturated rings. The predicted molar refractivity (Wildman–Crippen MR) is 79.4 cm³/mol. The lowest BCUT2D eigenvalue weighted by Crippen LogP contribution is -2.34. The van der Waals surface area contributed by atoms with E-state index in [1.165, 1.54) is 30.2 Å². The van der Waals surface area contributed by atoms with Gasteiger partial charge in [-0.15, -0.1) is 11.3 Å². The van der Waals surface area contributed by atoms with Gasteiger partial charge in [0.15, 0.2) is 0 Å². The molecule has 1 heterocycles. The van der Waals surface area contributed by atoms with Crippen molar-refractivity contribution >= 4 is 28.3 Å². The van der Waals surface area contributed by atoms with Crippen LogP contribution in [-0.4, -0.2) is 23.7 Å². The van der Waals surface area contributed by atoms with Crippen molar-refractivity contribution in [3.63, 3.8) is 0 Å². The molecule has 110 valence electrons. The van der Waals surface area contributed by atoms with E-state index in [0.717, 1.165) is 18.8 Å². The van der Waals surface area contributed by atoms with Crippen molar-refractivity contribution < 1.29 is 14.7 Å². The predicted octanol–water partition coefficient (Wildman–Crippen LogP) is 3.39. The fourth-order valence-corrected chi connectivity index (χ4v) is 3.48. The number of anilines is 1. The molecule has 0 saturated heterocycles. The number of urea groups is 1. The van der Waals surface area contributed by atoms with Gasteiger partial charge in [-0.2, -0.15) is 0 Å². The molecule has 0 aromatic carbocycles. The van der Waals surface area contributed by atoms with Gasteiger partial charge < -0.3 is 10.4 Å². The molecule has 0 aliphatic heterocycles. The average Bonchev–Trinajstić information content (AvgIpc) is 2.85. The third kappa shape index (κ3) is 3.96. The standard InChI is InChI=1S/C14H20N2O3S/c1-9-3-2-4-10(7-9)8-15-14(19)16-12-11(13(17)18)5-6-20-12/h5-6,9-10H,2-4,7-8H2,1H3,(H,17,18)(H2,15,16,19). The molecule has 5 nitrogen and oxygen atoms in total. The number of rotatable bonds is 4. The van der Waals surface area contributed by atoms with Crippen LogP contribution in [-0.2, 0) is 0 Å². The molecule has 0 spiro atoms. The van der Waals surface area contributed by atoms with Crippen LogP contribution in [0.5, 0.6) is 0 Å². The lowest BCUT2D eigenvalue weighted by Gasteiger charge is -2.26. The van der Waals surface area contributed by atoms with Crippen molar-refractivity contribution in [2.75, 3.05) is 11.9 Å². The largest absolute Gasteiger partial charge is 0.478 e. The van der Waals surface area contributed by atoms with Crippen molar-refractivity contribution in [1.82, 2.24) is 5.32 Å². The van der Waals surface area contributed by atoms with Crippen LogP contribution in [0, 0.1) is 11.8 Å². The molecule has 6 heteroatoms. The van der Waals surface area contributed by atoms with Gasteiger partial charge >= 0.3 is 12.0 Å². The van der Waals surface area contributed by atoms with E-state index in [2.05, 4.69) is 17.6 Å². The Kier molecular flexibility index (Phi) is 5.00. The zero-order valence-corrected chi connectivity index (χ0v) is 12.3. The van der Waals surface area contributed by atoms with Crippen molar-refractivity contribution in [2.45, 2.75) is 32.6 Å². The van der Waals surface area contributed by atoms with Crippen LogP contribution in [0.25, 0.3) is 0 Å². The van der Waals surface area contributed by atoms with Crippen molar-refractivity contribution in [1.29, 1.82) is 0 Å². The monoisotopic (exact) mass is 296 g/mol. The van der Waals surface area contributed by atoms with Crippen LogP contribution in [0.1, 0.15) is 43.0 Å². The van der Waals surface area contributed by atoms with Gasteiger partial charge in [-0.25, -0.2) is 9.59 Å². The normalized spacial score (nSPS) is 22.2. The van der Waals surface area contributed by atoms with Crippen LogP contribution in [0.3, 0.4) is 0 Å². The summed E-state index contributed by atoms with van der Waals surface area (Å²) in [6.07, 6.45) is 4.81. The molecule has 0 radical (unpaired) electrons. The van der Waals surface area contributed by atoms with E-state index in [4.69, 9.17) is 5.11 Å². The summed E-state index contributed by atoms with van der Waals surface area (Å²) in [7, 11) is 0. The number of aromatic carboxylic acids is 1. The summed E-state index contributed by atoms with van der Waals surface area (Å²) in [5, 5.41) is 16.5. The van der Waals surface area contributed by atoms with Gasteiger partial charge in [-0.3, -0.25) is 5.32 Å². The first-order valence-corrected chi connectivity index (χ1v) is 7.80. The summed E-state index contributed by atoms with van der Waals surface area (Å²) in [5.74, 6) is 0.240. The average molecular weight is 296 g/mol. The fraction of sp³-hybridized carbons (Fsp3) is 0.571. The highest BCUT2D eigenvalue weighted by molar-refractivity contribution is 7.14. The molecule has 3 N–H and O–H groups in total. The molecule has 1 aromatic rings. The fourth-order valence-electron chi connectivity index (χ4n) is 2.70. The van der Waals surface area contributed by atoms with Crippen LogP contribution in [0.4, 0.5) is 9.80 Å². The van der Waals surface area contributed by atoms with Crippen LogP contribution >= 0.6 is 11.3 Å². The Hall–Kier alpha value is -1.56. The second-order valence-electron chi connectivity index (χ2n) is 5.44. The van der Waals surface area contributed by atoms with Crippen LogP contribution in [0.2, 0.25) is 0 Å². The molecule has 1 aromatic heterocycles. The Morgan fingerprint density at radius 3 is 2.95 bits per heavy atom. The molecule has 1 aliphatic carbocycles. The Bertz CT molecular complexity index is 487. The first-order chi connectivity index (χ1) is 9.56. The zero-order chi connectivity index (χ0) is 14.5. The lowest BCUT2D eigenvalue weighted by molar-refractivity contribution is 0.0698. The topological polar surface area (TPSA) is 78.4 Å². The number of carboxylic acid groups (broad SMARTS) is 1. The number of thiophene rings is 1. The van der Waals surface area contributed by atoms with Crippen LogP contribution < -0.4 is 10.6 Å². The smallest absolute Gasteiger partial charge is 0.338 e. The van der Waals surface area contributed by atoms with Gasteiger partial charge in [0.1, 0.15) is 5.00 Å². The molecule has 2 atom stereocenters. The maximum atomic E-state index is 11.8. The van der Waals surface area contributed by atoms with Gasteiger partial charge in [0.25, 0.3) is 0 Å². The highest BCUT2D eigenvalue weighted by Gasteiger charge is 2.20. The summed E-state index contributed by atoms with van der Waals surface area (Å²) >= 11 is 1.22. The molecule has 1 aliphatic rings. The molecule has 0 bridgehead atoms. The molecule has 1 saturated carbocycles. The number of carbonyl (C=O) groups excluding carboxylic acids is 1. The van der Waals surface area contributed by atoms with Crippen molar-refractivity contribution in [2.24, 2.45) is 11.8 Å². The summed E-state index contributed by atoms with van der Waals surface area (Å²) in [4.78, 5) is 22.7. The van der Waals surface area contributed by atoms with Gasteiger partial charge in [0, 0.05) is 6.54 Å². The Morgan fingerprint density at radius 1 is 1.45 bits per heavy atom. The Morgan fingerprint density at radius 2 is 2.25 bits per heavy atom. The third-order valence-corrected chi connectivity index (χ3v) is 4.55. The first-order valence-electron chi connectivity index (χ1n) is 6.92. The number of carbonyl (C=O) groups is 2. The summed E-state index contributed by atoms with van der Waals surface area (Å²) in [5.41, 5.74) is 0.136. The third-order valence-electron chi connectivity index (χ3n) is 3.72. The molecule has 20 heavy (non-hydrogen) atoms. The molecular formula is C14H20N2O3S. The zero-order valence-electron chi connectivity index (χ0n) is 11.5. The number of hydrogen-bond donors (Lipinski definition) is 3. The van der Waals surface area contributed by atoms with E-state index < -0.39 is 5.97 Å². The van der Waals surface area contributed by atoms with Gasteiger partial charge in [0.2, 0.25) is 0 Å². The van der Waals surface area contributed by atoms with Gasteiger partial charge in [0.05, 0.1) is 5.56 Å². The number of amides is 2. The maximum Gasteiger partial charge on any atom is 0.338 e. The Balaban J connectivity index is 1.80. The van der Waals surface area contributed by atoms with E-state index in [9.17, 15) is 9.59 Å². The number of carboxylic acids is 1. The van der Waals surface area contributed by atoms with E-state index in [0.29, 0.717) is 17.5 Å². The second kappa shape index (κ2) is 6.74. The number of hydrogen-bond acceptors (Lipinski definition) is 3. The summed E-state index contributed by atoms with van der Waals surface area (Å²) < 4.78 is 0. The minimum atomic E-state index is -1.03. The van der Waals surface area contributed by atoms with E-state index in [1.54, 1.807) is 5.38 Å². The molecule has 2 unspecified atom stereocenters. The van der Waals surface area contributed by atoms with Crippen LogP contribution in [0.15, 0.2) is 11.4 Å². The quantitative estimate of drug-likeness (QED) is 0.797. The van der Waals surface area contributed by atoms with Gasteiger partial charge in [-0.1, -0.05) is 19.8 Å². The molecular weight excluding hydrogens is 276 g/mol. The van der Waals surface area contributed by atoms with E-state index >= 15 is 0 Å². The number of nitrogens with one attached hydrogen (secondary N) is 2. The minimum absolute atomic E-state index is 0.136. The summed E-state index contributed by atoms with van der Waals surface area (Å²) in [6, 6.07) is 1.17. The summed E-state index contributed by atoms with van der Waals surface area (Å²) in [6.45, 7) is 2.90. The lowest BCUT2D eigenvalue weighted by atomic mass is 9.82. The van der Waals surface area contributed by atoms with Crippen molar-refractivity contribution in [3.8, 4) is 0 Å². The van der Waals surface area contributed by atoms with E-state index in [-0.39, 0.29) is 11.6 Å². The van der Waals surface area contributed by atoms with Crippen molar-refractivity contribution in [3.05, 3.63) is 17.0 Å². The highest BCUT2D eigenvalue weighted by Crippen LogP contribution is 2.28. The SMILES string of the molecule is CC1CCCC(CNC(=O)Nc2sccc2C(=O)O)C1. The van der Waals surface area contributed by atoms with E-state index in [1.807, 2.05) is 0 Å². The molecule has 2 amide bonds. The minimum Gasteiger partial charge on any atom is -0.478 e. The Labute approximate surface area is 122 Å².